The molecule has 1 aliphatic rings. The van der Waals surface area contributed by atoms with Crippen LogP contribution in [-0.4, -0.2) is 44.0 Å². The normalized spacial score (nSPS) is 17.3. The standard InChI is InChI=1S/C20H19N5O2S/c26-20(14-3-4-16-17(9-14)22-12-21-16)25-6-1-2-13(10-25)8-18-23-19(24-27-18)15-5-7-28-11-15/h3-5,7,9,11-13H,1-2,6,8,10H2,(H,21,22). The molecule has 7 nitrogen and oxygen atoms in total. The van der Waals surface area contributed by atoms with E-state index in [9.17, 15) is 4.79 Å². The van der Waals surface area contributed by atoms with Crippen LogP contribution in [0.1, 0.15) is 29.1 Å². The lowest BCUT2D eigenvalue weighted by molar-refractivity contribution is 0.0668. The Morgan fingerprint density at radius 1 is 1.36 bits per heavy atom. The van der Waals surface area contributed by atoms with Crippen molar-refractivity contribution in [1.29, 1.82) is 0 Å². The maximum atomic E-state index is 13.0. The molecular weight excluding hydrogens is 374 g/mol. The Morgan fingerprint density at radius 2 is 2.32 bits per heavy atom. The Bertz CT molecular complexity index is 1100. The van der Waals surface area contributed by atoms with Crippen LogP contribution in [0, 0.1) is 5.92 Å². The minimum Gasteiger partial charge on any atom is -0.345 e. The number of carbonyl (C=O) groups excluding carboxylic acids is 1. The van der Waals surface area contributed by atoms with Crippen LogP contribution in [0.15, 0.2) is 45.9 Å². The fourth-order valence-corrected chi connectivity index (χ4v) is 4.40. The molecule has 1 N–H and O–H groups in total. The van der Waals surface area contributed by atoms with Gasteiger partial charge in [-0.15, -0.1) is 0 Å². The van der Waals surface area contributed by atoms with Crippen LogP contribution in [0.4, 0.5) is 0 Å². The number of amides is 1. The Hall–Kier alpha value is -3.00. The number of fused-ring (bicyclic) bond motifs is 1. The van der Waals surface area contributed by atoms with Gasteiger partial charge in [0.2, 0.25) is 11.7 Å². The van der Waals surface area contributed by atoms with Gasteiger partial charge in [-0.3, -0.25) is 4.79 Å². The van der Waals surface area contributed by atoms with Gasteiger partial charge in [0, 0.05) is 36.0 Å². The molecule has 1 aromatic carbocycles. The number of piperidine rings is 1. The summed E-state index contributed by atoms with van der Waals surface area (Å²) in [7, 11) is 0. The number of thiophene rings is 1. The molecule has 142 valence electrons. The van der Waals surface area contributed by atoms with E-state index in [0.717, 1.165) is 36.0 Å². The van der Waals surface area contributed by atoms with Crippen molar-refractivity contribution in [3.63, 3.8) is 0 Å². The Labute approximate surface area is 165 Å². The van der Waals surface area contributed by atoms with Gasteiger partial charge in [-0.2, -0.15) is 16.3 Å². The van der Waals surface area contributed by atoms with Crippen molar-refractivity contribution in [3.05, 3.63) is 52.8 Å². The molecule has 0 radical (unpaired) electrons. The zero-order valence-electron chi connectivity index (χ0n) is 15.2. The minimum absolute atomic E-state index is 0.0608. The molecule has 1 saturated heterocycles. The van der Waals surface area contributed by atoms with Crippen LogP contribution < -0.4 is 0 Å². The smallest absolute Gasteiger partial charge is 0.253 e. The average molecular weight is 393 g/mol. The number of hydrogen-bond acceptors (Lipinski definition) is 6. The number of aromatic nitrogens is 4. The molecule has 1 atom stereocenters. The third kappa shape index (κ3) is 3.31. The van der Waals surface area contributed by atoms with E-state index in [1.54, 1.807) is 17.7 Å². The van der Waals surface area contributed by atoms with Crippen LogP contribution in [0.25, 0.3) is 22.4 Å². The lowest BCUT2D eigenvalue weighted by Gasteiger charge is -2.32. The van der Waals surface area contributed by atoms with Gasteiger partial charge in [-0.1, -0.05) is 5.16 Å². The number of hydrogen-bond donors (Lipinski definition) is 1. The fourth-order valence-electron chi connectivity index (χ4n) is 3.76. The minimum atomic E-state index is 0.0608. The van der Waals surface area contributed by atoms with Crippen molar-refractivity contribution in [1.82, 2.24) is 25.0 Å². The zero-order chi connectivity index (χ0) is 18.9. The number of rotatable bonds is 4. The van der Waals surface area contributed by atoms with E-state index in [-0.39, 0.29) is 5.91 Å². The summed E-state index contributed by atoms with van der Waals surface area (Å²) in [5.41, 5.74) is 3.42. The van der Waals surface area contributed by atoms with Gasteiger partial charge in [-0.25, -0.2) is 4.98 Å². The average Bonchev–Trinajstić information content (AvgIpc) is 3.47. The number of nitrogens with zero attached hydrogens (tertiary/aromatic N) is 4. The molecule has 4 heterocycles. The van der Waals surface area contributed by atoms with E-state index in [0.29, 0.717) is 36.2 Å². The molecule has 28 heavy (non-hydrogen) atoms. The molecule has 1 fully saturated rings. The monoisotopic (exact) mass is 393 g/mol. The van der Waals surface area contributed by atoms with Crippen molar-refractivity contribution in [2.45, 2.75) is 19.3 Å². The Balaban J connectivity index is 1.27. The lowest BCUT2D eigenvalue weighted by Crippen LogP contribution is -2.40. The summed E-state index contributed by atoms with van der Waals surface area (Å²) >= 11 is 1.61. The Kier molecular flexibility index (Phi) is 4.40. The summed E-state index contributed by atoms with van der Waals surface area (Å²) in [5, 5.41) is 8.08. The summed E-state index contributed by atoms with van der Waals surface area (Å²) in [4.78, 5) is 26.7. The van der Waals surface area contributed by atoms with E-state index in [2.05, 4.69) is 20.1 Å². The quantitative estimate of drug-likeness (QED) is 0.570. The van der Waals surface area contributed by atoms with Gasteiger partial charge in [0.1, 0.15) is 0 Å². The molecule has 0 bridgehead atoms. The Morgan fingerprint density at radius 3 is 3.21 bits per heavy atom. The molecule has 0 spiro atoms. The van der Waals surface area contributed by atoms with Crippen molar-refractivity contribution in [2.75, 3.05) is 13.1 Å². The lowest BCUT2D eigenvalue weighted by atomic mass is 9.94. The van der Waals surface area contributed by atoms with Gasteiger partial charge in [0.15, 0.2) is 0 Å². The molecule has 1 aliphatic heterocycles. The van der Waals surface area contributed by atoms with Crippen LogP contribution in [-0.2, 0) is 6.42 Å². The molecule has 1 unspecified atom stereocenters. The fraction of sp³-hybridized carbons (Fsp3) is 0.300. The number of aromatic amines is 1. The number of likely N-dealkylation sites (tertiary alicyclic amines) is 1. The van der Waals surface area contributed by atoms with E-state index in [1.807, 2.05) is 39.9 Å². The first-order valence-electron chi connectivity index (χ1n) is 9.34. The predicted molar refractivity (Wildman–Crippen MR) is 106 cm³/mol. The van der Waals surface area contributed by atoms with Gasteiger partial charge in [-0.05, 0) is 48.4 Å². The summed E-state index contributed by atoms with van der Waals surface area (Å²) < 4.78 is 5.44. The van der Waals surface area contributed by atoms with Gasteiger partial charge in [0.25, 0.3) is 5.91 Å². The number of carbonyl (C=O) groups is 1. The molecule has 8 heteroatoms. The summed E-state index contributed by atoms with van der Waals surface area (Å²) in [6.07, 6.45) is 4.37. The molecular formula is C20H19N5O2S. The summed E-state index contributed by atoms with van der Waals surface area (Å²) in [5.74, 6) is 1.65. The van der Waals surface area contributed by atoms with Gasteiger partial charge < -0.3 is 14.4 Å². The summed E-state index contributed by atoms with van der Waals surface area (Å²) in [6, 6.07) is 7.58. The highest BCUT2D eigenvalue weighted by Crippen LogP contribution is 2.24. The van der Waals surface area contributed by atoms with Crippen molar-refractivity contribution < 1.29 is 9.32 Å². The molecule has 4 aromatic rings. The predicted octanol–water partition coefficient (Wildman–Crippen LogP) is 3.77. The molecule has 1 amide bonds. The van der Waals surface area contributed by atoms with Gasteiger partial charge in [0.05, 0.1) is 17.4 Å². The molecule has 3 aromatic heterocycles. The highest BCUT2D eigenvalue weighted by Gasteiger charge is 2.26. The van der Waals surface area contributed by atoms with Crippen LogP contribution in [0.5, 0.6) is 0 Å². The van der Waals surface area contributed by atoms with E-state index < -0.39 is 0 Å². The second kappa shape index (κ2) is 7.20. The molecule has 5 rings (SSSR count). The van der Waals surface area contributed by atoms with Crippen LogP contribution >= 0.6 is 11.3 Å². The second-order valence-electron chi connectivity index (χ2n) is 7.12. The second-order valence-corrected chi connectivity index (χ2v) is 7.90. The van der Waals surface area contributed by atoms with E-state index in [1.165, 1.54) is 0 Å². The first-order valence-corrected chi connectivity index (χ1v) is 10.3. The maximum Gasteiger partial charge on any atom is 0.253 e. The highest BCUT2D eigenvalue weighted by molar-refractivity contribution is 7.08. The highest BCUT2D eigenvalue weighted by atomic mass is 32.1. The number of H-pyrrole nitrogens is 1. The third-order valence-corrected chi connectivity index (χ3v) is 5.87. The van der Waals surface area contributed by atoms with E-state index in [4.69, 9.17) is 4.52 Å². The topological polar surface area (TPSA) is 87.9 Å². The van der Waals surface area contributed by atoms with Crippen molar-refractivity contribution in [3.8, 4) is 11.4 Å². The molecule has 0 saturated carbocycles. The summed E-state index contributed by atoms with van der Waals surface area (Å²) in [6.45, 7) is 1.48. The van der Waals surface area contributed by atoms with Crippen molar-refractivity contribution >= 4 is 28.3 Å². The zero-order valence-corrected chi connectivity index (χ0v) is 16.0. The third-order valence-electron chi connectivity index (χ3n) is 5.18. The van der Waals surface area contributed by atoms with Crippen LogP contribution in [0.2, 0.25) is 0 Å². The van der Waals surface area contributed by atoms with Gasteiger partial charge >= 0.3 is 0 Å². The SMILES string of the molecule is O=C(c1ccc2nc[nH]c2c1)N1CCCC(Cc2nc(-c3ccsc3)no2)C1. The van der Waals surface area contributed by atoms with Crippen molar-refractivity contribution in [2.24, 2.45) is 5.92 Å². The number of nitrogens with one attached hydrogen (secondary N) is 1. The molecule has 0 aliphatic carbocycles. The number of imidazole rings is 1. The number of benzene rings is 1. The van der Waals surface area contributed by atoms with E-state index >= 15 is 0 Å². The largest absolute Gasteiger partial charge is 0.345 e. The first-order chi connectivity index (χ1) is 13.8. The maximum absolute atomic E-state index is 13.0. The van der Waals surface area contributed by atoms with Crippen LogP contribution in [0.3, 0.4) is 0 Å². The first kappa shape index (κ1) is 17.1.